The molecule has 0 fully saturated rings. The molecule has 124 valence electrons. The maximum Gasteiger partial charge on any atom is 0.408 e. The number of rotatable bonds is 5. The van der Waals surface area contributed by atoms with Gasteiger partial charge in [0.2, 0.25) is 10.0 Å². The number of amides is 1. The van der Waals surface area contributed by atoms with Crippen molar-refractivity contribution in [2.75, 3.05) is 5.75 Å². The maximum absolute atomic E-state index is 11.9. The van der Waals surface area contributed by atoms with E-state index in [1.807, 2.05) is 0 Å². The van der Waals surface area contributed by atoms with Gasteiger partial charge >= 0.3 is 6.09 Å². The predicted octanol–water partition coefficient (Wildman–Crippen LogP) is 2.58. The second kappa shape index (κ2) is 7.30. The van der Waals surface area contributed by atoms with Gasteiger partial charge in [0.25, 0.3) is 0 Å². The van der Waals surface area contributed by atoms with E-state index in [0.717, 1.165) is 5.56 Å². The third-order valence-electron chi connectivity index (χ3n) is 2.65. The molecule has 0 saturated heterocycles. The van der Waals surface area contributed by atoms with E-state index in [-0.39, 0.29) is 12.2 Å². The summed E-state index contributed by atoms with van der Waals surface area (Å²) in [6, 6.07) is 6.22. The monoisotopic (exact) mass is 348 g/mol. The Morgan fingerprint density at radius 2 is 1.86 bits per heavy atom. The molecule has 1 aromatic rings. The molecule has 0 radical (unpaired) electrons. The first-order valence-corrected chi connectivity index (χ1v) is 8.81. The summed E-state index contributed by atoms with van der Waals surface area (Å²) < 4.78 is 27.5. The first-order chi connectivity index (χ1) is 9.96. The van der Waals surface area contributed by atoms with Crippen molar-refractivity contribution in [1.82, 2.24) is 5.32 Å². The largest absolute Gasteiger partial charge is 0.444 e. The number of carbonyl (C=O) groups is 1. The molecule has 0 aliphatic carbocycles. The molecule has 1 unspecified atom stereocenters. The Balaban J connectivity index is 2.86. The van der Waals surface area contributed by atoms with Gasteiger partial charge in [-0.15, -0.1) is 0 Å². The van der Waals surface area contributed by atoms with Crippen LogP contribution in [0.4, 0.5) is 4.79 Å². The summed E-state index contributed by atoms with van der Waals surface area (Å²) in [6.07, 6.45) is -0.485. The molecule has 0 aliphatic rings. The van der Waals surface area contributed by atoms with Crippen LogP contribution in [0.2, 0.25) is 5.02 Å². The zero-order chi connectivity index (χ0) is 17.0. The SMILES string of the molecule is CC(C)(C)OC(=O)NC(CCS(N)(=O)=O)c1ccc(Cl)cc1. The second-order valence-corrected chi connectivity index (χ2v) is 8.08. The molecular weight excluding hydrogens is 328 g/mol. The number of benzene rings is 1. The van der Waals surface area contributed by atoms with E-state index < -0.39 is 27.8 Å². The molecule has 1 amide bonds. The Morgan fingerprint density at radius 3 is 2.32 bits per heavy atom. The third kappa shape index (κ3) is 7.63. The van der Waals surface area contributed by atoms with Crippen LogP contribution < -0.4 is 10.5 Å². The van der Waals surface area contributed by atoms with Gasteiger partial charge in [0.15, 0.2) is 0 Å². The molecule has 0 bridgehead atoms. The molecular formula is C14H21ClN2O4S. The lowest BCUT2D eigenvalue weighted by molar-refractivity contribution is 0.0502. The van der Waals surface area contributed by atoms with Crippen LogP contribution in [0.3, 0.4) is 0 Å². The molecule has 1 rings (SSSR count). The summed E-state index contributed by atoms with van der Waals surface area (Å²) >= 11 is 5.83. The van der Waals surface area contributed by atoms with Crippen LogP contribution in [-0.2, 0) is 14.8 Å². The molecule has 0 aromatic heterocycles. The van der Waals surface area contributed by atoms with Gasteiger partial charge in [0.1, 0.15) is 5.60 Å². The zero-order valence-corrected chi connectivity index (χ0v) is 14.4. The number of hydrogen-bond donors (Lipinski definition) is 2. The summed E-state index contributed by atoms with van der Waals surface area (Å²) in [6.45, 7) is 5.23. The standard InChI is InChI=1S/C14H21ClN2O4S/c1-14(2,3)21-13(18)17-12(8-9-22(16,19)20)10-4-6-11(15)7-5-10/h4-7,12H,8-9H2,1-3H3,(H,17,18)(H2,16,19,20). The van der Waals surface area contributed by atoms with Gasteiger partial charge in [-0.1, -0.05) is 23.7 Å². The molecule has 6 nitrogen and oxygen atoms in total. The average Bonchev–Trinajstić information content (AvgIpc) is 2.32. The zero-order valence-electron chi connectivity index (χ0n) is 12.8. The molecule has 22 heavy (non-hydrogen) atoms. The van der Waals surface area contributed by atoms with Gasteiger partial charge in [-0.05, 0) is 44.9 Å². The van der Waals surface area contributed by atoms with E-state index in [0.29, 0.717) is 5.02 Å². The summed E-state index contributed by atoms with van der Waals surface area (Å²) in [5.41, 5.74) is 0.0769. The molecule has 0 spiro atoms. The van der Waals surface area contributed by atoms with E-state index in [1.165, 1.54) is 0 Å². The average molecular weight is 349 g/mol. The highest BCUT2D eigenvalue weighted by molar-refractivity contribution is 7.89. The first kappa shape index (κ1) is 18.7. The highest BCUT2D eigenvalue weighted by atomic mass is 35.5. The number of ether oxygens (including phenoxy) is 1. The fourth-order valence-corrected chi connectivity index (χ4v) is 2.44. The Labute approximate surface area is 136 Å². The Hall–Kier alpha value is -1.31. The van der Waals surface area contributed by atoms with Crippen LogP contribution in [0.15, 0.2) is 24.3 Å². The maximum atomic E-state index is 11.9. The molecule has 0 aliphatic heterocycles. The van der Waals surface area contributed by atoms with Crippen LogP contribution in [0, 0.1) is 0 Å². The van der Waals surface area contributed by atoms with Crippen LogP contribution in [0.1, 0.15) is 38.8 Å². The van der Waals surface area contributed by atoms with Gasteiger partial charge in [-0.2, -0.15) is 0 Å². The van der Waals surface area contributed by atoms with Crippen molar-refractivity contribution in [2.45, 2.75) is 38.8 Å². The Bertz CT molecular complexity index is 609. The highest BCUT2D eigenvalue weighted by Gasteiger charge is 2.21. The number of sulfonamides is 1. The fourth-order valence-electron chi connectivity index (χ4n) is 1.75. The summed E-state index contributed by atoms with van der Waals surface area (Å²) in [7, 11) is -3.62. The number of nitrogens with two attached hydrogens (primary N) is 1. The lowest BCUT2D eigenvalue weighted by atomic mass is 10.1. The number of primary sulfonamides is 1. The van der Waals surface area contributed by atoms with Crippen LogP contribution in [0.25, 0.3) is 0 Å². The van der Waals surface area contributed by atoms with E-state index >= 15 is 0 Å². The number of hydrogen-bond acceptors (Lipinski definition) is 4. The number of alkyl carbamates (subject to hydrolysis) is 1. The molecule has 1 aromatic carbocycles. The lowest BCUT2D eigenvalue weighted by Gasteiger charge is -2.24. The van der Waals surface area contributed by atoms with E-state index in [1.54, 1.807) is 45.0 Å². The molecule has 0 heterocycles. The van der Waals surface area contributed by atoms with E-state index in [9.17, 15) is 13.2 Å². The van der Waals surface area contributed by atoms with Gasteiger partial charge in [0, 0.05) is 5.02 Å². The smallest absolute Gasteiger partial charge is 0.408 e. The van der Waals surface area contributed by atoms with Crippen molar-refractivity contribution in [3.8, 4) is 0 Å². The van der Waals surface area contributed by atoms with Gasteiger partial charge < -0.3 is 10.1 Å². The normalized spacial score (nSPS) is 13.5. The Morgan fingerprint density at radius 1 is 1.32 bits per heavy atom. The van der Waals surface area contributed by atoms with Crippen LogP contribution in [-0.4, -0.2) is 25.9 Å². The van der Waals surface area contributed by atoms with Gasteiger partial charge in [-0.25, -0.2) is 18.4 Å². The number of halogens is 1. The Kier molecular flexibility index (Phi) is 6.22. The molecule has 3 N–H and O–H groups in total. The highest BCUT2D eigenvalue weighted by Crippen LogP contribution is 2.20. The number of carbonyl (C=O) groups excluding carboxylic acids is 1. The fraction of sp³-hybridized carbons (Fsp3) is 0.500. The molecule has 0 saturated carbocycles. The summed E-state index contributed by atoms with van der Waals surface area (Å²) in [5, 5.41) is 8.23. The summed E-state index contributed by atoms with van der Waals surface area (Å²) in [5.74, 6) is -0.254. The van der Waals surface area contributed by atoms with E-state index in [4.69, 9.17) is 21.5 Å². The van der Waals surface area contributed by atoms with Crippen molar-refractivity contribution in [2.24, 2.45) is 5.14 Å². The van der Waals surface area contributed by atoms with Crippen molar-refractivity contribution >= 4 is 27.7 Å². The van der Waals surface area contributed by atoms with Gasteiger partial charge in [0.05, 0.1) is 11.8 Å². The summed E-state index contributed by atoms with van der Waals surface area (Å²) in [4.78, 5) is 11.9. The predicted molar refractivity (Wildman–Crippen MR) is 86.2 cm³/mol. The van der Waals surface area contributed by atoms with Gasteiger partial charge in [-0.3, -0.25) is 0 Å². The van der Waals surface area contributed by atoms with Crippen LogP contribution >= 0.6 is 11.6 Å². The molecule has 8 heteroatoms. The molecule has 1 atom stereocenters. The lowest BCUT2D eigenvalue weighted by Crippen LogP contribution is -2.36. The van der Waals surface area contributed by atoms with E-state index in [2.05, 4.69) is 5.32 Å². The number of nitrogens with one attached hydrogen (secondary N) is 1. The van der Waals surface area contributed by atoms with Crippen molar-refractivity contribution < 1.29 is 17.9 Å². The minimum Gasteiger partial charge on any atom is -0.444 e. The topological polar surface area (TPSA) is 98.5 Å². The first-order valence-electron chi connectivity index (χ1n) is 6.72. The van der Waals surface area contributed by atoms with Crippen molar-refractivity contribution in [1.29, 1.82) is 0 Å². The van der Waals surface area contributed by atoms with Crippen molar-refractivity contribution in [3.63, 3.8) is 0 Å². The minimum atomic E-state index is -3.62. The second-order valence-electron chi connectivity index (χ2n) is 5.91. The van der Waals surface area contributed by atoms with Crippen molar-refractivity contribution in [3.05, 3.63) is 34.9 Å². The van der Waals surface area contributed by atoms with Crippen LogP contribution in [0.5, 0.6) is 0 Å². The third-order valence-corrected chi connectivity index (χ3v) is 3.71. The quantitative estimate of drug-likeness (QED) is 0.854. The minimum absolute atomic E-state index is 0.139.